The fourth-order valence-corrected chi connectivity index (χ4v) is 4.40. The van der Waals surface area contributed by atoms with E-state index in [1.54, 1.807) is 60.3 Å². The van der Waals surface area contributed by atoms with Gasteiger partial charge < -0.3 is 5.32 Å². The minimum atomic E-state index is -3.72. The van der Waals surface area contributed by atoms with Gasteiger partial charge in [-0.25, -0.2) is 8.42 Å². The summed E-state index contributed by atoms with van der Waals surface area (Å²) in [5, 5.41) is 2.86. The second-order valence-corrected chi connectivity index (χ2v) is 9.37. The Labute approximate surface area is 175 Å². The van der Waals surface area contributed by atoms with Gasteiger partial charge in [0.25, 0.3) is 15.9 Å². The first kappa shape index (κ1) is 21.0. The van der Waals surface area contributed by atoms with E-state index in [2.05, 4.69) is 5.32 Å². The number of anilines is 2. The number of hydrogen-bond donors (Lipinski definition) is 1. The van der Waals surface area contributed by atoms with Crippen LogP contribution in [0.2, 0.25) is 0 Å². The highest BCUT2D eigenvalue weighted by atomic mass is 32.2. The van der Waals surface area contributed by atoms with Crippen LogP contribution in [0.5, 0.6) is 0 Å². The molecular weight excluding hydrogens is 404 g/mol. The SMILES string of the molecule is CSc1cccc(NC(=O)c2cccc(N(C)S(=O)(=O)c3ccc(C)cc3)c2)c1. The maximum Gasteiger partial charge on any atom is 0.264 e. The molecule has 0 saturated carbocycles. The van der Waals surface area contributed by atoms with Gasteiger partial charge in [0, 0.05) is 23.2 Å². The quantitative estimate of drug-likeness (QED) is 0.575. The van der Waals surface area contributed by atoms with Crippen molar-refractivity contribution in [2.75, 3.05) is 22.9 Å². The lowest BCUT2D eigenvalue weighted by molar-refractivity contribution is 0.102. The molecule has 3 rings (SSSR count). The maximum absolute atomic E-state index is 12.9. The number of carbonyl (C=O) groups is 1. The number of amides is 1. The third-order valence-electron chi connectivity index (χ3n) is 4.48. The summed E-state index contributed by atoms with van der Waals surface area (Å²) < 4.78 is 27.0. The number of thioether (sulfide) groups is 1. The highest BCUT2D eigenvalue weighted by Gasteiger charge is 2.22. The topological polar surface area (TPSA) is 66.5 Å². The standard InChI is InChI=1S/C22H22N2O3S2/c1-16-10-12-21(13-11-16)29(26,27)24(2)19-8-4-6-17(14-19)22(25)23-18-7-5-9-20(15-18)28-3/h4-15H,1-3H3,(H,23,25). The Morgan fingerprint density at radius 3 is 2.34 bits per heavy atom. The molecule has 29 heavy (non-hydrogen) atoms. The van der Waals surface area contributed by atoms with Crippen LogP contribution in [0.25, 0.3) is 0 Å². The van der Waals surface area contributed by atoms with Crippen LogP contribution < -0.4 is 9.62 Å². The summed E-state index contributed by atoms with van der Waals surface area (Å²) in [6, 6.07) is 20.8. The van der Waals surface area contributed by atoms with Crippen molar-refractivity contribution in [3.8, 4) is 0 Å². The Kier molecular flexibility index (Phi) is 6.30. The number of benzene rings is 3. The number of sulfonamides is 1. The molecule has 0 atom stereocenters. The van der Waals surface area contributed by atoms with Gasteiger partial charge in [-0.2, -0.15) is 0 Å². The molecule has 0 saturated heterocycles. The molecule has 0 heterocycles. The van der Waals surface area contributed by atoms with Gasteiger partial charge in [0.15, 0.2) is 0 Å². The highest BCUT2D eigenvalue weighted by molar-refractivity contribution is 7.98. The van der Waals surface area contributed by atoms with Crippen LogP contribution in [0.4, 0.5) is 11.4 Å². The second kappa shape index (κ2) is 8.71. The summed E-state index contributed by atoms with van der Waals surface area (Å²) in [7, 11) is -2.24. The van der Waals surface area contributed by atoms with Crippen molar-refractivity contribution in [1.82, 2.24) is 0 Å². The lowest BCUT2D eigenvalue weighted by atomic mass is 10.2. The third-order valence-corrected chi connectivity index (χ3v) is 7.00. The molecule has 0 aliphatic carbocycles. The molecule has 1 amide bonds. The van der Waals surface area contributed by atoms with E-state index < -0.39 is 10.0 Å². The van der Waals surface area contributed by atoms with E-state index in [0.29, 0.717) is 16.9 Å². The van der Waals surface area contributed by atoms with Crippen LogP contribution in [-0.2, 0) is 10.0 Å². The second-order valence-electron chi connectivity index (χ2n) is 6.52. The van der Waals surface area contributed by atoms with E-state index in [-0.39, 0.29) is 10.8 Å². The van der Waals surface area contributed by atoms with Crippen LogP contribution >= 0.6 is 11.8 Å². The zero-order valence-electron chi connectivity index (χ0n) is 16.4. The van der Waals surface area contributed by atoms with Crippen molar-refractivity contribution in [1.29, 1.82) is 0 Å². The van der Waals surface area contributed by atoms with E-state index in [9.17, 15) is 13.2 Å². The minimum absolute atomic E-state index is 0.203. The maximum atomic E-state index is 12.9. The van der Waals surface area contributed by atoms with E-state index in [0.717, 1.165) is 10.5 Å². The molecule has 5 nitrogen and oxygen atoms in total. The Balaban J connectivity index is 1.84. The van der Waals surface area contributed by atoms with Gasteiger partial charge >= 0.3 is 0 Å². The first-order chi connectivity index (χ1) is 13.8. The predicted octanol–water partition coefficient (Wildman–Crippen LogP) is 4.79. The number of aryl methyl sites for hydroxylation is 1. The summed E-state index contributed by atoms with van der Waals surface area (Å²) in [5.74, 6) is -0.300. The summed E-state index contributed by atoms with van der Waals surface area (Å²) in [5.41, 5.74) is 2.46. The molecule has 150 valence electrons. The van der Waals surface area contributed by atoms with Crippen LogP contribution in [-0.4, -0.2) is 27.6 Å². The average Bonchev–Trinajstić information content (AvgIpc) is 2.73. The van der Waals surface area contributed by atoms with E-state index >= 15 is 0 Å². The Hall–Kier alpha value is -2.77. The molecule has 0 unspecified atom stereocenters. The molecule has 3 aromatic carbocycles. The van der Waals surface area contributed by atoms with Gasteiger partial charge in [0.05, 0.1) is 10.6 Å². The van der Waals surface area contributed by atoms with E-state index in [1.807, 2.05) is 37.4 Å². The van der Waals surface area contributed by atoms with Crippen molar-refractivity contribution in [3.05, 3.63) is 83.9 Å². The number of rotatable bonds is 6. The number of hydrogen-bond acceptors (Lipinski definition) is 4. The monoisotopic (exact) mass is 426 g/mol. The molecule has 0 aliphatic heterocycles. The highest BCUT2D eigenvalue weighted by Crippen LogP contribution is 2.24. The van der Waals surface area contributed by atoms with Crippen LogP contribution in [0.15, 0.2) is 82.6 Å². The summed E-state index contributed by atoms with van der Waals surface area (Å²) in [4.78, 5) is 13.9. The van der Waals surface area contributed by atoms with E-state index in [1.165, 1.54) is 11.4 Å². The molecule has 0 bridgehead atoms. The smallest absolute Gasteiger partial charge is 0.264 e. The summed E-state index contributed by atoms with van der Waals surface area (Å²) in [6.07, 6.45) is 1.97. The van der Waals surface area contributed by atoms with Gasteiger partial charge in [-0.3, -0.25) is 9.10 Å². The van der Waals surface area contributed by atoms with Crippen LogP contribution in [0.1, 0.15) is 15.9 Å². The Morgan fingerprint density at radius 2 is 1.66 bits per heavy atom. The van der Waals surface area contributed by atoms with Crippen LogP contribution in [0, 0.1) is 6.92 Å². The molecule has 1 N–H and O–H groups in total. The summed E-state index contributed by atoms with van der Waals surface area (Å²) >= 11 is 1.59. The Morgan fingerprint density at radius 1 is 0.966 bits per heavy atom. The molecular formula is C22H22N2O3S2. The fraction of sp³-hybridized carbons (Fsp3) is 0.136. The summed E-state index contributed by atoms with van der Waals surface area (Å²) in [6.45, 7) is 1.90. The average molecular weight is 427 g/mol. The lowest BCUT2D eigenvalue weighted by Gasteiger charge is -2.20. The molecule has 7 heteroatoms. The number of nitrogens with zero attached hydrogens (tertiary/aromatic N) is 1. The van der Waals surface area contributed by atoms with Gasteiger partial charge in [0.1, 0.15) is 0 Å². The fourth-order valence-electron chi connectivity index (χ4n) is 2.75. The Bertz CT molecular complexity index is 1130. The first-order valence-corrected chi connectivity index (χ1v) is 11.6. The zero-order valence-corrected chi connectivity index (χ0v) is 18.0. The van der Waals surface area contributed by atoms with Crippen molar-refractivity contribution >= 4 is 39.1 Å². The van der Waals surface area contributed by atoms with Gasteiger partial charge in [-0.15, -0.1) is 11.8 Å². The molecule has 0 spiro atoms. The molecule has 0 aliphatic rings. The lowest BCUT2D eigenvalue weighted by Crippen LogP contribution is -2.26. The number of carbonyl (C=O) groups excluding carboxylic acids is 1. The van der Waals surface area contributed by atoms with Crippen molar-refractivity contribution in [3.63, 3.8) is 0 Å². The molecule has 0 fully saturated rings. The molecule has 3 aromatic rings. The third kappa shape index (κ3) is 4.81. The van der Waals surface area contributed by atoms with E-state index in [4.69, 9.17) is 0 Å². The van der Waals surface area contributed by atoms with Gasteiger partial charge in [0.2, 0.25) is 0 Å². The first-order valence-electron chi connectivity index (χ1n) is 8.92. The van der Waals surface area contributed by atoms with Crippen LogP contribution in [0.3, 0.4) is 0 Å². The van der Waals surface area contributed by atoms with Crippen molar-refractivity contribution in [2.45, 2.75) is 16.7 Å². The molecule has 0 aromatic heterocycles. The predicted molar refractivity (Wildman–Crippen MR) is 119 cm³/mol. The largest absolute Gasteiger partial charge is 0.322 e. The van der Waals surface area contributed by atoms with Gasteiger partial charge in [-0.05, 0) is 61.7 Å². The normalized spacial score (nSPS) is 11.1. The van der Waals surface area contributed by atoms with Crippen molar-refractivity contribution in [2.24, 2.45) is 0 Å². The zero-order chi connectivity index (χ0) is 21.0. The molecule has 0 radical (unpaired) electrons. The van der Waals surface area contributed by atoms with Crippen molar-refractivity contribution < 1.29 is 13.2 Å². The van der Waals surface area contributed by atoms with Gasteiger partial charge in [-0.1, -0.05) is 29.8 Å². The minimum Gasteiger partial charge on any atom is -0.322 e. The number of nitrogens with one attached hydrogen (secondary N) is 1.